The van der Waals surface area contributed by atoms with Crippen LogP contribution in [-0.2, 0) is 4.79 Å². The van der Waals surface area contributed by atoms with Crippen LogP contribution in [0.4, 0.5) is 10.1 Å². The maximum absolute atomic E-state index is 13.5. The lowest BCUT2D eigenvalue weighted by atomic mass is 10.1. The van der Waals surface area contributed by atoms with Gasteiger partial charge in [-0.15, -0.1) is 11.3 Å². The van der Waals surface area contributed by atoms with E-state index in [0.717, 1.165) is 26.2 Å². The lowest BCUT2D eigenvalue weighted by Gasteiger charge is -2.37. The number of halogens is 1. The molecule has 0 aliphatic carbocycles. The smallest absolute Gasteiger partial charge is 0.276 e. The van der Waals surface area contributed by atoms with Crippen molar-refractivity contribution in [3.05, 3.63) is 70.4 Å². The Balaban J connectivity index is 1.42. The van der Waals surface area contributed by atoms with Crippen LogP contribution in [0.5, 0.6) is 0 Å². The van der Waals surface area contributed by atoms with Crippen LogP contribution in [0.1, 0.15) is 25.1 Å². The summed E-state index contributed by atoms with van der Waals surface area (Å²) >= 11 is 1.57. The second-order valence-corrected chi connectivity index (χ2v) is 9.40. The largest absolute Gasteiger partial charge is 0.368 e. The zero-order chi connectivity index (χ0) is 23.1. The summed E-state index contributed by atoms with van der Waals surface area (Å²) < 4.78 is 16.6. The maximum Gasteiger partial charge on any atom is 0.276 e. The summed E-state index contributed by atoms with van der Waals surface area (Å²) in [6.07, 6.45) is 0.483. The number of thiophene rings is 1. The summed E-state index contributed by atoms with van der Waals surface area (Å²) in [6, 6.07) is 13.6. The van der Waals surface area contributed by atoms with E-state index in [0.29, 0.717) is 38.0 Å². The van der Waals surface area contributed by atoms with Gasteiger partial charge in [-0.1, -0.05) is 25.1 Å². The number of aryl methyl sites for hydroxylation is 1. The van der Waals surface area contributed by atoms with Crippen molar-refractivity contribution in [2.45, 2.75) is 26.3 Å². The Morgan fingerprint density at radius 3 is 2.48 bits per heavy atom. The van der Waals surface area contributed by atoms with Gasteiger partial charge in [0.25, 0.3) is 5.56 Å². The van der Waals surface area contributed by atoms with Crippen molar-refractivity contribution >= 4 is 43.1 Å². The number of piperazine rings is 1. The highest BCUT2D eigenvalue weighted by molar-refractivity contribution is 7.26. The first-order chi connectivity index (χ1) is 16.0. The van der Waals surface area contributed by atoms with E-state index in [1.165, 1.54) is 16.8 Å². The molecule has 33 heavy (non-hydrogen) atoms. The van der Waals surface area contributed by atoms with Gasteiger partial charge >= 0.3 is 0 Å². The van der Waals surface area contributed by atoms with E-state index in [1.807, 2.05) is 43.0 Å². The maximum atomic E-state index is 13.5. The minimum absolute atomic E-state index is 0.0795. The van der Waals surface area contributed by atoms with E-state index < -0.39 is 6.04 Å². The summed E-state index contributed by atoms with van der Waals surface area (Å²) in [6.45, 7) is 6.21. The molecule has 1 aliphatic rings. The van der Waals surface area contributed by atoms with Crippen molar-refractivity contribution < 1.29 is 9.18 Å². The molecule has 8 heteroatoms. The molecule has 1 fully saturated rings. The first-order valence-electron chi connectivity index (χ1n) is 11.2. The van der Waals surface area contributed by atoms with E-state index >= 15 is 0 Å². The third-order valence-corrected chi connectivity index (χ3v) is 7.63. The van der Waals surface area contributed by atoms with Gasteiger partial charge < -0.3 is 9.80 Å². The number of aromatic nitrogens is 2. The van der Waals surface area contributed by atoms with E-state index in [2.05, 4.69) is 10.00 Å². The third-order valence-electron chi connectivity index (χ3n) is 6.35. The number of carbonyl (C=O) groups excluding carboxylic acids is 1. The molecule has 3 heterocycles. The Labute approximate surface area is 194 Å². The fraction of sp³-hybridized carbons (Fsp3) is 0.320. The van der Waals surface area contributed by atoms with Crippen LogP contribution in [0.3, 0.4) is 0 Å². The van der Waals surface area contributed by atoms with Crippen LogP contribution >= 0.6 is 11.3 Å². The molecule has 2 aromatic carbocycles. The van der Waals surface area contributed by atoms with E-state index in [9.17, 15) is 14.0 Å². The summed E-state index contributed by atoms with van der Waals surface area (Å²) in [5, 5.41) is 6.14. The highest BCUT2D eigenvalue weighted by atomic mass is 32.1. The molecule has 0 radical (unpaired) electrons. The molecule has 0 saturated carbocycles. The summed E-state index contributed by atoms with van der Waals surface area (Å²) in [7, 11) is 0. The molecule has 2 aromatic heterocycles. The molecule has 4 aromatic rings. The van der Waals surface area contributed by atoms with Crippen LogP contribution in [-0.4, -0.2) is 46.8 Å². The first-order valence-corrected chi connectivity index (χ1v) is 12.0. The van der Waals surface area contributed by atoms with Gasteiger partial charge in [-0.2, -0.15) is 5.10 Å². The molecule has 1 unspecified atom stereocenters. The third kappa shape index (κ3) is 3.78. The number of amides is 1. The molecule has 6 nitrogen and oxygen atoms in total. The van der Waals surface area contributed by atoms with E-state index in [4.69, 9.17) is 0 Å². The van der Waals surface area contributed by atoms with Gasteiger partial charge in [0.2, 0.25) is 5.91 Å². The molecular formula is C25H25FN4O2S. The predicted octanol–water partition coefficient (Wildman–Crippen LogP) is 4.36. The van der Waals surface area contributed by atoms with Gasteiger partial charge in [-0.3, -0.25) is 9.59 Å². The van der Waals surface area contributed by atoms with Gasteiger partial charge in [0.15, 0.2) is 0 Å². The molecule has 170 valence electrons. The minimum atomic E-state index is -0.642. The van der Waals surface area contributed by atoms with E-state index in [1.54, 1.807) is 23.5 Å². The lowest BCUT2D eigenvalue weighted by Crippen LogP contribution is -2.51. The number of benzene rings is 2. The average molecular weight is 465 g/mol. The van der Waals surface area contributed by atoms with Gasteiger partial charge in [0.05, 0.1) is 15.8 Å². The number of fused-ring (bicyclic) bond motifs is 3. The topological polar surface area (TPSA) is 58.4 Å². The Morgan fingerprint density at radius 2 is 1.79 bits per heavy atom. The quantitative estimate of drug-likeness (QED) is 0.450. The molecule has 1 atom stereocenters. The Bertz CT molecular complexity index is 1390. The number of hydrogen-bond acceptors (Lipinski definition) is 5. The molecule has 1 amide bonds. The highest BCUT2D eigenvalue weighted by Crippen LogP contribution is 2.33. The summed E-state index contributed by atoms with van der Waals surface area (Å²) in [5.74, 6) is -0.342. The minimum Gasteiger partial charge on any atom is -0.368 e. The van der Waals surface area contributed by atoms with Crippen molar-refractivity contribution in [1.82, 2.24) is 14.7 Å². The van der Waals surface area contributed by atoms with Crippen LogP contribution in [0.2, 0.25) is 0 Å². The molecular weight excluding hydrogens is 439 g/mol. The highest BCUT2D eigenvalue weighted by Gasteiger charge is 2.30. The molecule has 1 saturated heterocycles. The number of nitrogens with zero attached hydrogens (tertiary/aromatic N) is 4. The standard InChI is InChI=1S/C25H25FN4O2S/c1-3-20(24(31)29-14-12-28(13-15-29)18-10-8-17(26)9-11-18)30-25(32)22-19-6-4-5-7-21(19)33-23(22)16(2)27-30/h4-11,20H,3,12-15H2,1-2H3. The van der Waals surface area contributed by atoms with Crippen LogP contribution in [0, 0.1) is 12.7 Å². The first kappa shape index (κ1) is 21.6. The van der Waals surface area contributed by atoms with Crippen LogP contribution < -0.4 is 10.5 Å². The Morgan fingerprint density at radius 1 is 1.09 bits per heavy atom. The van der Waals surface area contributed by atoms with Crippen molar-refractivity contribution in [3.8, 4) is 0 Å². The van der Waals surface area contributed by atoms with Gasteiger partial charge in [0, 0.05) is 42.0 Å². The molecule has 5 rings (SSSR count). The van der Waals surface area contributed by atoms with Crippen molar-refractivity contribution in [1.29, 1.82) is 0 Å². The van der Waals surface area contributed by atoms with Crippen LogP contribution in [0.25, 0.3) is 20.2 Å². The average Bonchev–Trinajstić information content (AvgIpc) is 3.24. The predicted molar refractivity (Wildman–Crippen MR) is 131 cm³/mol. The fourth-order valence-electron chi connectivity index (χ4n) is 4.59. The summed E-state index contributed by atoms with van der Waals surface area (Å²) in [4.78, 5) is 30.9. The SMILES string of the molecule is CCC(C(=O)N1CCN(c2ccc(F)cc2)CC1)n1nc(C)c2sc3ccccc3c2c1=O. The van der Waals surface area contributed by atoms with E-state index in [-0.39, 0.29) is 17.3 Å². The van der Waals surface area contributed by atoms with Gasteiger partial charge in [-0.25, -0.2) is 9.07 Å². The van der Waals surface area contributed by atoms with Crippen molar-refractivity contribution in [2.75, 3.05) is 31.1 Å². The number of hydrogen-bond donors (Lipinski definition) is 0. The zero-order valence-corrected chi connectivity index (χ0v) is 19.4. The normalized spacial score (nSPS) is 15.4. The van der Waals surface area contributed by atoms with Crippen molar-refractivity contribution in [2.24, 2.45) is 0 Å². The molecule has 0 spiro atoms. The Hall–Kier alpha value is -3.26. The van der Waals surface area contributed by atoms with Crippen LogP contribution in [0.15, 0.2) is 53.3 Å². The second kappa shape index (κ2) is 8.59. The Kier molecular flexibility index (Phi) is 5.62. The zero-order valence-electron chi connectivity index (χ0n) is 18.6. The summed E-state index contributed by atoms with van der Waals surface area (Å²) in [5.41, 5.74) is 1.50. The number of carbonyl (C=O) groups is 1. The molecule has 0 N–H and O–H groups in total. The monoisotopic (exact) mass is 464 g/mol. The number of rotatable bonds is 4. The molecule has 0 bridgehead atoms. The van der Waals surface area contributed by atoms with Gasteiger partial charge in [-0.05, 0) is 43.7 Å². The van der Waals surface area contributed by atoms with Crippen molar-refractivity contribution in [3.63, 3.8) is 0 Å². The number of anilines is 1. The molecule has 1 aliphatic heterocycles. The lowest BCUT2D eigenvalue weighted by molar-refractivity contribution is -0.135. The van der Waals surface area contributed by atoms with Gasteiger partial charge in [0.1, 0.15) is 11.9 Å². The fourth-order valence-corrected chi connectivity index (χ4v) is 5.73. The second-order valence-electron chi connectivity index (χ2n) is 8.35.